The van der Waals surface area contributed by atoms with Gasteiger partial charge in [-0.2, -0.15) is 0 Å². The van der Waals surface area contributed by atoms with Crippen molar-refractivity contribution in [1.29, 1.82) is 0 Å². The van der Waals surface area contributed by atoms with Gasteiger partial charge >= 0.3 is 0 Å². The average Bonchev–Trinajstić information content (AvgIpc) is 3.50. The maximum Gasteiger partial charge on any atom is 0.156 e. The van der Waals surface area contributed by atoms with Gasteiger partial charge in [-0.05, 0) is 43.3 Å². The second-order valence-corrected chi connectivity index (χ2v) is 9.53. The largest absolute Gasteiger partial charge is 0.309 e. The van der Waals surface area contributed by atoms with Gasteiger partial charge in [0.25, 0.3) is 0 Å². The molecule has 3 aromatic heterocycles. The summed E-state index contributed by atoms with van der Waals surface area (Å²) in [7, 11) is 0. The molecule has 0 bridgehead atoms. The highest BCUT2D eigenvalue weighted by Gasteiger charge is 2.16. The molecular formula is C35H26N4. The molecule has 0 aliphatic rings. The lowest BCUT2D eigenvalue weighted by Gasteiger charge is -2.10. The number of nitrogens with zero attached hydrogens (tertiary/aromatic N) is 4. The van der Waals surface area contributed by atoms with E-state index in [1.165, 1.54) is 21.8 Å². The number of hydrogen-bond donors (Lipinski definition) is 0. The summed E-state index contributed by atoms with van der Waals surface area (Å²) < 4.78 is 4.47. The first-order valence-electron chi connectivity index (χ1n) is 13.1. The zero-order valence-electron chi connectivity index (χ0n) is 21.6. The van der Waals surface area contributed by atoms with Crippen LogP contribution in [0.5, 0.6) is 0 Å². The number of aromatic nitrogens is 4. The molecule has 0 spiro atoms. The summed E-state index contributed by atoms with van der Waals surface area (Å²) in [6.45, 7) is 6.08. The molecule has 0 atom stereocenters. The molecule has 39 heavy (non-hydrogen) atoms. The second kappa shape index (κ2) is 9.26. The van der Waals surface area contributed by atoms with E-state index < -0.39 is 0 Å². The van der Waals surface area contributed by atoms with Gasteiger partial charge in [0, 0.05) is 33.0 Å². The first-order valence-corrected chi connectivity index (χ1v) is 13.1. The highest BCUT2D eigenvalue weighted by atomic mass is 15.1. The smallest absolute Gasteiger partial charge is 0.156 e. The van der Waals surface area contributed by atoms with Crippen LogP contribution in [0.2, 0.25) is 0 Å². The normalized spacial score (nSPS) is 11.7. The Morgan fingerprint density at radius 1 is 0.641 bits per heavy atom. The number of allylic oxidation sites excluding steroid dienone is 1. The van der Waals surface area contributed by atoms with E-state index in [0.29, 0.717) is 0 Å². The standard InChI is InChI=1S/C35H26N4/c1-3-11-31-26(4-2)27-12-5-10-17-34(27)39(31)35-23-36-30(22-37-35)24-18-20-25(21-19-24)38-32-15-8-6-13-28(32)29-14-7-9-16-33(29)38/h3-23H,2H2,1H3/b11-3-. The molecule has 0 aliphatic carbocycles. The molecule has 3 heterocycles. The molecule has 4 heteroatoms. The summed E-state index contributed by atoms with van der Waals surface area (Å²) in [6, 6.07) is 34.0. The number of benzene rings is 4. The predicted octanol–water partition coefficient (Wildman–Crippen LogP) is 8.86. The zero-order valence-corrected chi connectivity index (χ0v) is 21.6. The van der Waals surface area contributed by atoms with Crippen LogP contribution < -0.4 is 0 Å². The summed E-state index contributed by atoms with van der Waals surface area (Å²) >= 11 is 0. The van der Waals surface area contributed by atoms with Crippen molar-refractivity contribution < 1.29 is 0 Å². The van der Waals surface area contributed by atoms with Crippen LogP contribution in [0.4, 0.5) is 0 Å². The van der Waals surface area contributed by atoms with E-state index in [1.54, 1.807) is 0 Å². The van der Waals surface area contributed by atoms with Crippen molar-refractivity contribution >= 4 is 44.9 Å². The fourth-order valence-electron chi connectivity index (χ4n) is 5.64. The van der Waals surface area contributed by atoms with E-state index in [9.17, 15) is 0 Å². The van der Waals surface area contributed by atoms with Gasteiger partial charge in [0.2, 0.25) is 0 Å². The minimum absolute atomic E-state index is 0.776. The van der Waals surface area contributed by atoms with Gasteiger partial charge in [0.15, 0.2) is 5.82 Å². The van der Waals surface area contributed by atoms with Crippen LogP contribution in [-0.2, 0) is 0 Å². The summed E-state index contributed by atoms with van der Waals surface area (Å²) in [5.74, 6) is 0.776. The molecule has 0 amide bonds. The molecule has 4 nitrogen and oxygen atoms in total. The minimum atomic E-state index is 0.776. The van der Waals surface area contributed by atoms with Crippen molar-refractivity contribution in [3.63, 3.8) is 0 Å². The SMILES string of the molecule is C=Cc1c(/C=C\C)n(-c2cnc(-c3ccc(-n4c5ccccc5c5ccccc54)cc3)cn2)c2ccccc12. The molecule has 7 aromatic rings. The van der Waals surface area contributed by atoms with Gasteiger partial charge in [-0.3, -0.25) is 9.55 Å². The molecule has 0 radical (unpaired) electrons. The van der Waals surface area contributed by atoms with Crippen LogP contribution in [0.1, 0.15) is 18.2 Å². The lowest BCUT2D eigenvalue weighted by molar-refractivity contribution is 1.00. The van der Waals surface area contributed by atoms with Crippen LogP contribution in [0.25, 0.3) is 67.6 Å². The van der Waals surface area contributed by atoms with Crippen LogP contribution in [-0.4, -0.2) is 19.1 Å². The van der Waals surface area contributed by atoms with Crippen molar-refractivity contribution in [2.45, 2.75) is 6.92 Å². The number of fused-ring (bicyclic) bond motifs is 4. The third-order valence-electron chi connectivity index (χ3n) is 7.35. The Morgan fingerprint density at radius 3 is 1.79 bits per heavy atom. The minimum Gasteiger partial charge on any atom is -0.309 e. The Balaban J connectivity index is 1.28. The highest BCUT2D eigenvalue weighted by Crippen LogP contribution is 2.33. The quantitative estimate of drug-likeness (QED) is 0.236. The molecule has 0 fully saturated rings. The lowest BCUT2D eigenvalue weighted by Crippen LogP contribution is -2.01. The van der Waals surface area contributed by atoms with E-state index in [-0.39, 0.29) is 0 Å². The van der Waals surface area contributed by atoms with E-state index >= 15 is 0 Å². The van der Waals surface area contributed by atoms with Crippen LogP contribution in [0.3, 0.4) is 0 Å². The molecule has 186 valence electrons. The number of para-hydroxylation sites is 3. The van der Waals surface area contributed by atoms with Crippen molar-refractivity contribution in [2.24, 2.45) is 0 Å². The summed E-state index contributed by atoms with van der Waals surface area (Å²) in [6.07, 6.45) is 9.75. The Morgan fingerprint density at radius 2 is 1.23 bits per heavy atom. The Kier molecular flexibility index (Phi) is 5.45. The first kappa shape index (κ1) is 22.9. The molecule has 7 rings (SSSR count). The van der Waals surface area contributed by atoms with Gasteiger partial charge in [0.1, 0.15) is 0 Å². The maximum absolute atomic E-state index is 4.85. The molecular weight excluding hydrogens is 476 g/mol. The molecule has 0 aliphatic heterocycles. The van der Waals surface area contributed by atoms with Crippen molar-refractivity contribution in [1.82, 2.24) is 19.1 Å². The summed E-state index contributed by atoms with van der Waals surface area (Å²) in [5, 5.41) is 3.66. The summed E-state index contributed by atoms with van der Waals surface area (Å²) in [4.78, 5) is 9.67. The first-order chi connectivity index (χ1) is 19.3. The maximum atomic E-state index is 4.85. The van der Waals surface area contributed by atoms with E-state index in [4.69, 9.17) is 9.97 Å². The van der Waals surface area contributed by atoms with E-state index in [2.05, 4.69) is 113 Å². The Hall–Kier alpha value is -5.22. The van der Waals surface area contributed by atoms with Gasteiger partial charge in [-0.15, -0.1) is 0 Å². The van der Waals surface area contributed by atoms with Crippen LogP contribution >= 0.6 is 0 Å². The highest BCUT2D eigenvalue weighted by molar-refractivity contribution is 6.09. The third kappa shape index (κ3) is 3.61. The Bertz CT molecular complexity index is 1970. The van der Waals surface area contributed by atoms with Crippen molar-refractivity contribution in [3.8, 4) is 22.8 Å². The molecule has 4 aromatic carbocycles. The van der Waals surface area contributed by atoms with E-state index in [1.807, 2.05) is 37.5 Å². The molecule has 0 N–H and O–H groups in total. The third-order valence-corrected chi connectivity index (χ3v) is 7.35. The topological polar surface area (TPSA) is 35.6 Å². The van der Waals surface area contributed by atoms with Crippen LogP contribution in [0, 0.1) is 0 Å². The van der Waals surface area contributed by atoms with Gasteiger partial charge in [-0.25, -0.2) is 4.98 Å². The Labute approximate surface area is 226 Å². The lowest BCUT2D eigenvalue weighted by atomic mass is 10.1. The van der Waals surface area contributed by atoms with Gasteiger partial charge in [0.05, 0.1) is 40.3 Å². The summed E-state index contributed by atoms with van der Waals surface area (Å²) in [5.41, 5.74) is 8.60. The average molecular weight is 503 g/mol. The van der Waals surface area contributed by atoms with Gasteiger partial charge < -0.3 is 4.57 Å². The van der Waals surface area contributed by atoms with Crippen molar-refractivity contribution in [3.05, 3.63) is 133 Å². The molecule has 0 saturated carbocycles. The fourth-order valence-corrected chi connectivity index (χ4v) is 5.64. The van der Waals surface area contributed by atoms with Crippen molar-refractivity contribution in [2.75, 3.05) is 0 Å². The predicted molar refractivity (Wildman–Crippen MR) is 163 cm³/mol. The monoisotopic (exact) mass is 502 g/mol. The molecule has 0 unspecified atom stereocenters. The zero-order chi connectivity index (χ0) is 26.3. The van der Waals surface area contributed by atoms with E-state index in [0.717, 1.165) is 44.9 Å². The number of hydrogen-bond acceptors (Lipinski definition) is 2. The fraction of sp³-hybridized carbons (Fsp3) is 0.0286. The number of rotatable bonds is 5. The van der Waals surface area contributed by atoms with Gasteiger partial charge in [-0.1, -0.05) is 85.5 Å². The molecule has 0 saturated heterocycles. The van der Waals surface area contributed by atoms with Crippen LogP contribution in [0.15, 0.2) is 122 Å². The second-order valence-electron chi connectivity index (χ2n) is 9.53.